The number of benzene rings is 2. The normalized spacial score (nSPS) is 10.7. The lowest BCUT2D eigenvalue weighted by Gasteiger charge is -2.12. The molecule has 0 amide bonds. The number of pyridine rings is 1. The van der Waals surface area contributed by atoms with Crippen LogP contribution in [0.15, 0.2) is 59.2 Å². The molecule has 0 aliphatic rings. The molecular weight excluding hydrogens is 419 g/mol. The Morgan fingerprint density at radius 3 is 2.23 bits per heavy atom. The number of hydrogen-bond acceptors (Lipinski definition) is 4. The molecule has 1 heterocycles. The van der Waals surface area contributed by atoms with E-state index in [2.05, 4.69) is 27.0 Å². The summed E-state index contributed by atoms with van der Waals surface area (Å²) in [5.74, 6) is -0.373. The quantitative estimate of drug-likeness (QED) is 0.494. The molecular formula is C19H12BrFN2O2S. The van der Waals surface area contributed by atoms with Crippen molar-refractivity contribution in [3.8, 4) is 28.5 Å². The van der Waals surface area contributed by atoms with E-state index < -0.39 is 10.7 Å². The van der Waals surface area contributed by atoms with Crippen LogP contribution in [-0.4, -0.2) is 13.4 Å². The van der Waals surface area contributed by atoms with Gasteiger partial charge in [0.25, 0.3) is 0 Å². The molecule has 0 N–H and O–H groups in total. The maximum atomic E-state index is 13.3. The van der Waals surface area contributed by atoms with Gasteiger partial charge in [-0.05, 0) is 57.4 Å². The molecule has 0 fully saturated rings. The first-order valence-electron chi connectivity index (χ1n) is 7.55. The van der Waals surface area contributed by atoms with Crippen LogP contribution >= 0.6 is 15.9 Å². The highest BCUT2D eigenvalue weighted by Crippen LogP contribution is 2.34. The Balaban J connectivity index is 2.15. The van der Waals surface area contributed by atoms with Crippen LogP contribution in [0.3, 0.4) is 0 Å². The van der Waals surface area contributed by atoms with Crippen LogP contribution in [0.4, 0.5) is 4.39 Å². The predicted octanol–water partition coefficient (Wildman–Crippen LogP) is 4.30. The number of rotatable bonds is 4. The Morgan fingerprint density at radius 2 is 1.65 bits per heavy atom. The summed E-state index contributed by atoms with van der Waals surface area (Å²) >= 11 is 3.29. The van der Waals surface area contributed by atoms with Gasteiger partial charge in [0.05, 0.1) is 17.0 Å². The lowest BCUT2D eigenvalue weighted by atomic mass is 9.97. The zero-order valence-electron chi connectivity index (χ0n) is 13.3. The smallest absolute Gasteiger partial charge is 0.144 e. The number of nitriles is 1. The first kappa shape index (κ1) is 18.2. The van der Waals surface area contributed by atoms with Gasteiger partial charge in [0.15, 0.2) is 0 Å². The maximum Gasteiger partial charge on any atom is 0.144 e. The summed E-state index contributed by atoms with van der Waals surface area (Å²) in [6, 6.07) is 16.7. The molecule has 0 aliphatic carbocycles. The van der Waals surface area contributed by atoms with Gasteiger partial charge in [-0.2, -0.15) is 5.26 Å². The summed E-state index contributed by atoms with van der Waals surface area (Å²) in [7, 11) is -2.50. The molecule has 26 heavy (non-hydrogen) atoms. The number of hydrogen-bond donors (Lipinski definition) is 1. The maximum absolute atomic E-state index is 13.3. The second kappa shape index (κ2) is 7.77. The van der Waals surface area contributed by atoms with Crippen LogP contribution in [0.2, 0.25) is 0 Å². The van der Waals surface area contributed by atoms with Crippen LogP contribution in [-0.2, 0) is 16.5 Å². The number of halogens is 2. The van der Waals surface area contributed by atoms with E-state index in [0.29, 0.717) is 32.6 Å². The molecule has 0 bridgehead atoms. The Labute approximate surface area is 160 Å². The average molecular weight is 431 g/mol. The topological polar surface area (TPSA) is 70.8 Å². The molecule has 130 valence electrons. The van der Waals surface area contributed by atoms with Gasteiger partial charge >= 0.3 is 0 Å². The van der Waals surface area contributed by atoms with Gasteiger partial charge < -0.3 is 0 Å². The number of aromatic nitrogens is 1. The molecule has 0 saturated heterocycles. The average Bonchev–Trinajstić information content (AvgIpc) is 2.62. The summed E-state index contributed by atoms with van der Waals surface area (Å²) in [5.41, 5.74) is 3.84. The SMILES string of the molecule is N#Cc1cc(-c2ccc(C[SH](=O)=O)cc2)c(-c2ccc(F)cc2)nc1Br. The molecule has 2 aromatic carbocycles. The molecule has 0 spiro atoms. The largest absolute Gasteiger partial charge is 0.239 e. The van der Waals surface area contributed by atoms with E-state index in [1.165, 1.54) is 12.1 Å². The minimum absolute atomic E-state index is 0.0253. The Kier molecular flexibility index (Phi) is 5.45. The summed E-state index contributed by atoms with van der Waals surface area (Å²) in [6.07, 6.45) is 0. The fourth-order valence-corrected chi connectivity index (χ4v) is 3.45. The zero-order chi connectivity index (χ0) is 18.7. The first-order chi connectivity index (χ1) is 12.5. The van der Waals surface area contributed by atoms with Crippen molar-refractivity contribution < 1.29 is 12.8 Å². The lowest BCUT2D eigenvalue weighted by molar-refractivity contribution is 0.614. The Morgan fingerprint density at radius 1 is 1.04 bits per heavy atom. The molecule has 0 aliphatic heterocycles. The van der Waals surface area contributed by atoms with Crippen molar-refractivity contribution >= 4 is 26.6 Å². The van der Waals surface area contributed by atoms with Crippen molar-refractivity contribution in [3.05, 3.63) is 76.1 Å². The third-order valence-electron chi connectivity index (χ3n) is 3.79. The van der Waals surface area contributed by atoms with Crippen LogP contribution in [0, 0.1) is 17.1 Å². The molecule has 4 nitrogen and oxygen atoms in total. The van der Waals surface area contributed by atoms with Crippen molar-refractivity contribution in [1.29, 1.82) is 5.26 Å². The monoisotopic (exact) mass is 430 g/mol. The third kappa shape index (κ3) is 3.98. The van der Waals surface area contributed by atoms with E-state index >= 15 is 0 Å². The van der Waals surface area contributed by atoms with Gasteiger partial charge in [0.2, 0.25) is 0 Å². The van der Waals surface area contributed by atoms with E-state index in [1.54, 1.807) is 42.5 Å². The van der Waals surface area contributed by atoms with Gasteiger partial charge in [0.1, 0.15) is 27.2 Å². The Hall–Kier alpha value is -2.56. The fraction of sp³-hybridized carbons (Fsp3) is 0.0526. The van der Waals surface area contributed by atoms with Crippen molar-refractivity contribution in [2.45, 2.75) is 5.75 Å². The van der Waals surface area contributed by atoms with Crippen molar-refractivity contribution in [1.82, 2.24) is 4.98 Å². The Bertz CT molecular complexity index is 1060. The van der Waals surface area contributed by atoms with Crippen molar-refractivity contribution in [2.75, 3.05) is 0 Å². The highest BCUT2D eigenvalue weighted by Gasteiger charge is 2.14. The molecule has 0 unspecified atom stereocenters. The number of thiol groups is 1. The first-order valence-corrected chi connectivity index (χ1v) is 9.71. The van der Waals surface area contributed by atoms with Crippen LogP contribution in [0.25, 0.3) is 22.4 Å². The summed E-state index contributed by atoms with van der Waals surface area (Å²) in [4.78, 5) is 4.47. The van der Waals surface area contributed by atoms with Crippen molar-refractivity contribution in [2.24, 2.45) is 0 Å². The summed E-state index contributed by atoms with van der Waals surface area (Å²) < 4.78 is 35.4. The highest BCUT2D eigenvalue weighted by atomic mass is 79.9. The van der Waals surface area contributed by atoms with E-state index in [0.717, 1.165) is 5.56 Å². The van der Waals surface area contributed by atoms with Gasteiger partial charge in [-0.3, -0.25) is 0 Å². The van der Waals surface area contributed by atoms with E-state index in [-0.39, 0.29) is 11.6 Å². The van der Waals surface area contributed by atoms with Gasteiger partial charge in [0, 0.05) is 11.1 Å². The molecule has 1 aromatic heterocycles. The summed E-state index contributed by atoms with van der Waals surface area (Å²) in [6.45, 7) is 0. The highest BCUT2D eigenvalue weighted by molar-refractivity contribution is 9.10. The minimum Gasteiger partial charge on any atom is -0.239 e. The lowest BCUT2D eigenvalue weighted by Crippen LogP contribution is -1.94. The second-order valence-corrected chi connectivity index (χ2v) is 7.26. The molecule has 3 rings (SSSR count). The standard InChI is InChI=1S/C19H12BrFN2O2S/c20-19-15(10-22)9-17(13-3-1-12(2-4-13)11-26(24)25)18(23-19)14-5-7-16(21)8-6-14/h1-9,26H,11H2. The van der Waals surface area contributed by atoms with Crippen LogP contribution in [0.1, 0.15) is 11.1 Å². The summed E-state index contributed by atoms with van der Waals surface area (Å²) in [5, 5.41) is 9.29. The fourth-order valence-electron chi connectivity index (χ4n) is 2.56. The van der Waals surface area contributed by atoms with E-state index in [1.807, 2.05) is 0 Å². The molecule has 3 aromatic rings. The predicted molar refractivity (Wildman–Crippen MR) is 102 cm³/mol. The van der Waals surface area contributed by atoms with E-state index in [9.17, 15) is 18.1 Å². The van der Waals surface area contributed by atoms with Crippen LogP contribution < -0.4 is 0 Å². The second-order valence-electron chi connectivity index (χ2n) is 5.53. The number of nitrogens with zero attached hydrogens (tertiary/aromatic N) is 2. The van der Waals surface area contributed by atoms with Gasteiger partial charge in [-0.1, -0.05) is 24.3 Å². The molecule has 0 radical (unpaired) electrons. The van der Waals surface area contributed by atoms with E-state index in [4.69, 9.17) is 0 Å². The third-order valence-corrected chi connectivity index (χ3v) is 5.02. The minimum atomic E-state index is -2.50. The van der Waals surface area contributed by atoms with Gasteiger partial charge in [-0.15, -0.1) is 0 Å². The van der Waals surface area contributed by atoms with Gasteiger partial charge in [-0.25, -0.2) is 17.8 Å². The molecule has 0 saturated carbocycles. The van der Waals surface area contributed by atoms with Crippen LogP contribution in [0.5, 0.6) is 0 Å². The molecule has 7 heteroatoms. The molecule has 0 atom stereocenters. The van der Waals surface area contributed by atoms with Crippen molar-refractivity contribution in [3.63, 3.8) is 0 Å². The zero-order valence-corrected chi connectivity index (χ0v) is 15.8.